The molecule has 0 aliphatic heterocycles. The van der Waals surface area contributed by atoms with Crippen LogP contribution in [0.3, 0.4) is 0 Å². The van der Waals surface area contributed by atoms with Gasteiger partial charge in [-0.05, 0) is 0 Å². The van der Waals surface area contributed by atoms with Crippen LogP contribution < -0.4 is 0 Å². The molecule has 5 nitrogen and oxygen atoms in total. The topological polar surface area (TPSA) is 101 Å². The standard InChI is InChI=1S/C6H12O5/c7-2-1-3(8)5(10)6(11)4(2)9/h2-11H,1H2/t2-,3+,4-,5-,6?/m0/s1. The van der Waals surface area contributed by atoms with Gasteiger partial charge in [0.2, 0.25) is 0 Å². The van der Waals surface area contributed by atoms with Gasteiger partial charge in [0.1, 0.15) is 18.3 Å². The number of aliphatic hydroxyl groups is 5. The second kappa shape index (κ2) is 3.04. The highest BCUT2D eigenvalue weighted by Gasteiger charge is 2.40. The minimum atomic E-state index is -1.46. The quantitative estimate of drug-likeness (QED) is 0.266. The summed E-state index contributed by atoms with van der Waals surface area (Å²) in [4.78, 5) is 0. The first-order chi connectivity index (χ1) is 5.04. The zero-order valence-corrected chi connectivity index (χ0v) is 5.83. The van der Waals surface area contributed by atoms with E-state index in [0.29, 0.717) is 0 Å². The van der Waals surface area contributed by atoms with Crippen LogP contribution in [0.4, 0.5) is 0 Å². The Morgan fingerprint density at radius 2 is 1.00 bits per heavy atom. The molecule has 1 fully saturated rings. The summed E-state index contributed by atoms with van der Waals surface area (Å²) in [7, 11) is 0. The predicted molar refractivity (Wildman–Crippen MR) is 34.7 cm³/mol. The molecule has 11 heavy (non-hydrogen) atoms. The highest BCUT2D eigenvalue weighted by atomic mass is 16.4. The van der Waals surface area contributed by atoms with Crippen molar-refractivity contribution in [2.75, 3.05) is 0 Å². The highest BCUT2D eigenvalue weighted by Crippen LogP contribution is 2.20. The normalized spacial score (nSPS) is 52.6. The van der Waals surface area contributed by atoms with E-state index in [-0.39, 0.29) is 6.42 Å². The molecular formula is C6H12O5. The summed E-state index contributed by atoms with van der Waals surface area (Å²) in [5.74, 6) is 0. The fourth-order valence-corrected chi connectivity index (χ4v) is 1.18. The summed E-state index contributed by atoms with van der Waals surface area (Å²) in [6.07, 6.45) is -6.64. The molecule has 0 heterocycles. The molecule has 0 aromatic rings. The molecule has 1 aliphatic carbocycles. The number of aliphatic hydroxyl groups excluding tert-OH is 5. The van der Waals surface area contributed by atoms with E-state index in [4.69, 9.17) is 25.5 Å². The molecule has 1 saturated carbocycles. The van der Waals surface area contributed by atoms with Crippen molar-refractivity contribution < 1.29 is 25.5 Å². The fourth-order valence-electron chi connectivity index (χ4n) is 1.18. The van der Waals surface area contributed by atoms with Crippen LogP contribution in [0.25, 0.3) is 0 Å². The zero-order chi connectivity index (χ0) is 8.59. The van der Waals surface area contributed by atoms with Gasteiger partial charge >= 0.3 is 0 Å². The van der Waals surface area contributed by atoms with Crippen molar-refractivity contribution in [2.24, 2.45) is 0 Å². The first-order valence-corrected chi connectivity index (χ1v) is 3.44. The highest BCUT2D eigenvalue weighted by molar-refractivity contribution is 4.92. The maximum atomic E-state index is 8.97. The van der Waals surface area contributed by atoms with Gasteiger partial charge in [-0.3, -0.25) is 0 Å². The summed E-state index contributed by atoms with van der Waals surface area (Å²) >= 11 is 0. The Hall–Kier alpha value is -0.200. The zero-order valence-electron chi connectivity index (χ0n) is 5.83. The van der Waals surface area contributed by atoms with Gasteiger partial charge in [0.05, 0.1) is 12.2 Å². The maximum Gasteiger partial charge on any atom is 0.111 e. The largest absolute Gasteiger partial charge is 0.390 e. The molecule has 1 rings (SSSR count). The molecule has 0 amide bonds. The van der Waals surface area contributed by atoms with E-state index >= 15 is 0 Å². The lowest BCUT2D eigenvalue weighted by Gasteiger charge is -2.35. The molecule has 5 atom stereocenters. The van der Waals surface area contributed by atoms with Crippen molar-refractivity contribution in [1.29, 1.82) is 0 Å². The Morgan fingerprint density at radius 1 is 0.636 bits per heavy atom. The summed E-state index contributed by atoms with van der Waals surface area (Å²) in [5.41, 5.74) is 0. The molecular weight excluding hydrogens is 152 g/mol. The maximum absolute atomic E-state index is 8.97. The third-order valence-corrected chi connectivity index (χ3v) is 1.97. The second-order valence-electron chi connectivity index (χ2n) is 2.84. The molecule has 1 aliphatic rings. The van der Waals surface area contributed by atoms with Crippen molar-refractivity contribution in [3.8, 4) is 0 Å². The second-order valence-corrected chi connectivity index (χ2v) is 2.84. The first kappa shape index (κ1) is 8.89. The van der Waals surface area contributed by atoms with Crippen LogP contribution in [-0.4, -0.2) is 56.1 Å². The Kier molecular flexibility index (Phi) is 2.46. The van der Waals surface area contributed by atoms with Crippen LogP contribution in [0.2, 0.25) is 0 Å². The Labute approximate surface area is 63.5 Å². The van der Waals surface area contributed by atoms with Gasteiger partial charge in [-0.15, -0.1) is 0 Å². The van der Waals surface area contributed by atoms with Crippen molar-refractivity contribution in [3.63, 3.8) is 0 Å². The van der Waals surface area contributed by atoms with Crippen LogP contribution in [-0.2, 0) is 0 Å². The van der Waals surface area contributed by atoms with E-state index in [1.54, 1.807) is 0 Å². The van der Waals surface area contributed by atoms with Gasteiger partial charge < -0.3 is 25.5 Å². The monoisotopic (exact) mass is 164 g/mol. The molecule has 0 spiro atoms. The average molecular weight is 164 g/mol. The molecule has 0 aromatic heterocycles. The van der Waals surface area contributed by atoms with Crippen molar-refractivity contribution in [1.82, 2.24) is 0 Å². The van der Waals surface area contributed by atoms with Crippen molar-refractivity contribution in [3.05, 3.63) is 0 Å². The summed E-state index contributed by atoms with van der Waals surface area (Å²) < 4.78 is 0. The lowest BCUT2D eigenvalue weighted by atomic mass is 9.87. The van der Waals surface area contributed by atoms with Crippen molar-refractivity contribution >= 4 is 0 Å². The first-order valence-electron chi connectivity index (χ1n) is 3.44. The summed E-state index contributed by atoms with van der Waals surface area (Å²) in [5, 5.41) is 44.8. The van der Waals surface area contributed by atoms with Crippen LogP contribution in [0.5, 0.6) is 0 Å². The molecule has 5 N–H and O–H groups in total. The lowest BCUT2D eigenvalue weighted by molar-refractivity contribution is -0.176. The molecule has 66 valence electrons. The SMILES string of the molecule is OC1[C@@H](O)[C@H](O)C[C@H](O)[C@@H]1O. The molecule has 0 radical (unpaired) electrons. The van der Waals surface area contributed by atoms with E-state index in [1.165, 1.54) is 0 Å². The van der Waals surface area contributed by atoms with Crippen LogP contribution >= 0.6 is 0 Å². The number of rotatable bonds is 0. The van der Waals surface area contributed by atoms with Crippen LogP contribution in [0.1, 0.15) is 6.42 Å². The average Bonchev–Trinajstić information content (AvgIpc) is 1.97. The smallest absolute Gasteiger partial charge is 0.111 e. The van der Waals surface area contributed by atoms with E-state index in [1.807, 2.05) is 0 Å². The third kappa shape index (κ3) is 1.52. The number of hydrogen-bond donors (Lipinski definition) is 5. The molecule has 5 heteroatoms. The molecule has 0 bridgehead atoms. The molecule has 1 unspecified atom stereocenters. The summed E-state index contributed by atoms with van der Waals surface area (Å²) in [6.45, 7) is 0. The minimum Gasteiger partial charge on any atom is -0.390 e. The van der Waals surface area contributed by atoms with Gasteiger partial charge in [0.15, 0.2) is 0 Å². The predicted octanol–water partition coefficient (Wildman–Crippen LogP) is -2.81. The Morgan fingerprint density at radius 3 is 1.36 bits per heavy atom. The van der Waals surface area contributed by atoms with Gasteiger partial charge in [0, 0.05) is 6.42 Å². The van der Waals surface area contributed by atoms with Crippen LogP contribution in [0, 0.1) is 0 Å². The van der Waals surface area contributed by atoms with Crippen molar-refractivity contribution in [2.45, 2.75) is 36.9 Å². The Bertz CT molecular complexity index is 125. The lowest BCUT2D eigenvalue weighted by Crippen LogP contribution is -2.55. The van der Waals surface area contributed by atoms with Gasteiger partial charge in [0.25, 0.3) is 0 Å². The Balaban J connectivity index is 2.63. The minimum absolute atomic E-state index is 0.112. The number of hydrogen-bond acceptors (Lipinski definition) is 5. The van der Waals surface area contributed by atoms with Gasteiger partial charge in [-0.2, -0.15) is 0 Å². The fraction of sp³-hybridized carbons (Fsp3) is 1.00. The van der Waals surface area contributed by atoms with Gasteiger partial charge in [-0.25, -0.2) is 0 Å². The van der Waals surface area contributed by atoms with E-state index in [9.17, 15) is 0 Å². The van der Waals surface area contributed by atoms with Gasteiger partial charge in [-0.1, -0.05) is 0 Å². The van der Waals surface area contributed by atoms with E-state index < -0.39 is 30.5 Å². The van der Waals surface area contributed by atoms with Crippen LogP contribution in [0.15, 0.2) is 0 Å². The molecule has 0 saturated heterocycles. The summed E-state index contributed by atoms with van der Waals surface area (Å²) in [6, 6.07) is 0. The van der Waals surface area contributed by atoms with E-state index in [0.717, 1.165) is 0 Å². The van der Waals surface area contributed by atoms with E-state index in [2.05, 4.69) is 0 Å². The molecule has 0 aromatic carbocycles. The third-order valence-electron chi connectivity index (χ3n) is 1.97.